The number of benzene rings is 1. The molecule has 0 bridgehead atoms. The van der Waals surface area contributed by atoms with E-state index in [0.717, 1.165) is 4.90 Å². The van der Waals surface area contributed by atoms with Gasteiger partial charge in [0.2, 0.25) is 4.87 Å². The van der Waals surface area contributed by atoms with Crippen molar-refractivity contribution < 1.29 is 23.9 Å². The first kappa shape index (κ1) is 15.2. The Bertz CT molecular complexity index is 759. The van der Waals surface area contributed by atoms with Crippen molar-refractivity contribution in [1.29, 1.82) is 0 Å². The van der Waals surface area contributed by atoms with E-state index in [1.165, 1.54) is 16.7 Å². The lowest BCUT2D eigenvalue weighted by Gasteiger charge is -2.52. The molecule has 3 aliphatic rings. The number of amides is 3. The van der Waals surface area contributed by atoms with Crippen molar-refractivity contribution in [3.8, 4) is 0 Å². The number of nitrogens with zero attached hydrogens (tertiary/aromatic N) is 2. The minimum atomic E-state index is -1.31. The van der Waals surface area contributed by atoms with E-state index in [0.29, 0.717) is 12.3 Å². The van der Waals surface area contributed by atoms with Gasteiger partial charge in [-0.3, -0.25) is 19.3 Å². The zero-order valence-corrected chi connectivity index (χ0v) is 13.7. The van der Waals surface area contributed by atoms with Gasteiger partial charge in [-0.25, -0.2) is 4.79 Å². The Hall–Kier alpha value is -2.35. The molecule has 2 saturated heterocycles. The third-order valence-electron chi connectivity index (χ3n) is 4.56. The number of carbonyl (C=O) groups is 4. The Kier molecular flexibility index (Phi) is 3.21. The van der Waals surface area contributed by atoms with Crippen LogP contribution >= 0.6 is 11.8 Å². The van der Waals surface area contributed by atoms with E-state index in [9.17, 15) is 19.2 Å². The molecule has 3 aliphatic heterocycles. The van der Waals surface area contributed by atoms with E-state index in [2.05, 4.69) is 0 Å². The van der Waals surface area contributed by atoms with Crippen LogP contribution in [0.2, 0.25) is 0 Å². The summed E-state index contributed by atoms with van der Waals surface area (Å²) in [5, 5.41) is 0. The minimum absolute atomic E-state index is 0.165. The zero-order chi connectivity index (χ0) is 17.1. The standard InChI is InChI=1S/C16H14N2O5S/c1-2-23-15(22)16-11(14(21)17(16)7-8-24-16)18-12(19)9-5-3-4-6-10(9)13(18)20/h3-6,11H,2,7-8H2,1H3/t11-,16+/m1/s1. The first-order valence-corrected chi connectivity index (χ1v) is 8.62. The Labute approximate surface area is 141 Å². The number of β-lactam (4-membered cyclic amide) rings is 1. The van der Waals surface area contributed by atoms with Gasteiger partial charge in [-0.1, -0.05) is 12.1 Å². The molecule has 3 heterocycles. The molecule has 1 aromatic carbocycles. The highest BCUT2D eigenvalue weighted by Gasteiger charge is 2.73. The van der Waals surface area contributed by atoms with Crippen molar-refractivity contribution in [3.63, 3.8) is 0 Å². The maximum atomic E-state index is 12.7. The van der Waals surface area contributed by atoms with E-state index >= 15 is 0 Å². The summed E-state index contributed by atoms with van der Waals surface area (Å²) in [6, 6.07) is 5.28. The number of rotatable bonds is 3. The molecule has 0 radical (unpaired) electrons. The summed E-state index contributed by atoms with van der Waals surface area (Å²) in [5.41, 5.74) is 0.520. The number of imide groups is 1. The fourth-order valence-electron chi connectivity index (χ4n) is 3.53. The number of ether oxygens (including phenoxy) is 1. The van der Waals surface area contributed by atoms with Crippen LogP contribution in [0.15, 0.2) is 24.3 Å². The van der Waals surface area contributed by atoms with Gasteiger partial charge in [-0.2, -0.15) is 0 Å². The van der Waals surface area contributed by atoms with Crippen LogP contribution in [0.4, 0.5) is 0 Å². The maximum Gasteiger partial charge on any atom is 0.345 e. The Morgan fingerprint density at radius 1 is 1.25 bits per heavy atom. The van der Waals surface area contributed by atoms with Crippen LogP contribution in [-0.4, -0.2) is 63.3 Å². The van der Waals surface area contributed by atoms with Gasteiger partial charge in [0.15, 0.2) is 6.04 Å². The lowest BCUT2D eigenvalue weighted by molar-refractivity contribution is -0.175. The molecule has 7 nitrogen and oxygen atoms in total. The second-order valence-corrected chi connectivity index (χ2v) is 7.00. The monoisotopic (exact) mass is 346 g/mol. The van der Waals surface area contributed by atoms with Crippen LogP contribution in [0.1, 0.15) is 27.6 Å². The third-order valence-corrected chi connectivity index (χ3v) is 6.00. The van der Waals surface area contributed by atoms with Crippen LogP contribution in [0, 0.1) is 0 Å². The van der Waals surface area contributed by atoms with Crippen LogP contribution in [0.25, 0.3) is 0 Å². The van der Waals surface area contributed by atoms with Crippen LogP contribution in [0.3, 0.4) is 0 Å². The average molecular weight is 346 g/mol. The normalized spacial score (nSPS) is 27.9. The van der Waals surface area contributed by atoms with Crippen molar-refractivity contribution in [1.82, 2.24) is 9.80 Å². The molecule has 4 rings (SSSR count). The molecule has 2 atom stereocenters. The highest BCUT2D eigenvalue weighted by Crippen LogP contribution is 2.51. The fourth-order valence-corrected chi connectivity index (χ4v) is 4.99. The molecule has 0 spiro atoms. The molecule has 2 fully saturated rings. The lowest BCUT2D eigenvalue weighted by atomic mass is 9.92. The van der Waals surface area contributed by atoms with Gasteiger partial charge >= 0.3 is 5.97 Å². The number of hydrogen-bond donors (Lipinski definition) is 0. The second-order valence-electron chi connectivity index (χ2n) is 5.68. The zero-order valence-electron chi connectivity index (χ0n) is 12.9. The van der Waals surface area contributed by atoms with Crippen LogP contribution in [-0.2, 0) is 14.3 Å². The summed E-state index contributed by atoms with van der Waals surface area (Å²) in [6.07, 6.45) is 0. The second kappa shape index (κ2) is 5.07. The summed E-state index contributed by atoms with van der Waals surface area (Å²) in [5.74, 6) is -1.48. The Morgan fingerprint density at radius 2 is 1.88 bits per heavy atom. The number of carbonyl (C=O) groups excluding carboxylic acids is 4. The van der Waals surface area contributed by atoms with Gasteiger partial charge in [-0.15, -0.1) is 11.8 Å². The smallest absolute Gasteiger partial charge is 0.345 e. The van der Waals surface area contributed by atoms with E-state index in [4.69, 9.17) is 4.74 Å². The van der Waals surface area contributed by atoms with E-state index in [1.54, 1.807) is 31.2 Å². The average Bonchev–Trinajstić information content (AvgIpc) is 3.09. The van der Waals surface area contributed by atoms with Crippen molar-refractivity contribution in [2.45, 2.75) is 17.8 Å². The van der Waals surface area contributed by atoms with Gasteiger partial charge in [0, 0.05) is 12.3 Å². The number of fused-ring (bicyclic) bond motifs is 2. The molecule has 24 heavy (non-hydrogen) atoms. The van der Waals surface area contributed by atoms with Crippen LogP contribution in [0.5, 0.6) is 0 Å². The van der Waals surface area contributed by atoms with Gasteiger partial charge < -0.3 is 9.64 Å². The SMILES string of the molecule is CCOC(=O)[C@]12SCCN1C(=O)[C@H]2N1C(=O)c2ccccc2C1=O. The topological polar surface area (TPSA) is 84.0 Å². The molecule has 0 aliphatic carbocycles. The molecule has 124 valence electrons. The van der Waals surface area contributed by atoms with Gasteiger partial charge in [0.25, 0.3) is 17.7 Å². The predicted molar refractivity (Wildman–Crippen MR) is 84.3 cm³/mol. The number of esters is 1. The molecule has 0 N–H and O–H groups in total. The van der Waals surface area contributed by atoms with E-state index in [1.807, 2.05) is 0 Å². The molecule has 0 aromatic heterocycles. The molecule has 8 heteroatoms. The summed E-state index contributed by atoms with van der Waals surface area (Å²) < 4.78 is 5.13. The lowest BCUT2D eigenvalue weighted by Crippen LogP contribution is -2.79. The van der Waals surface area contributed by atoms with E-state index < -0.39 is 28.7 Å². The summed E-state index contributed by atoms with van der Waals surface area (Å²) in [4.78, 5) is 51.5. The first-order chi connectivity index (χ1) is 11.5. The van der Waals surface area contributed by atoms with Crippen molar-refractivity contribution in [2.24, 2.45) is 0 Å². The third kappa shape index (κ3) is 1.64. The maximum absolute atomic E-state index is 12.7. The highest BCUT2D eigenvalue weighted by atomic mass is 32.2. The largest absolute Gasteiger partial charge is 0.464 e. The summed E-state index contributed by atoms with van der Waals surface area (Å²) in [7, 11) is 0. The predicted octanol–water partition coefficient (Wildman–Crippen LogP) is 0.500. The number of thioether (sulfide) groups is 1. The van der Waals surface area contributed by atoms with Crippen molar-refractivity contribution in [2.75, 3.05) is 18.9 Å². The Morgan fingerprint density at radius 3 is 2.46 bits per heavy atom. The number of hydrogen-bond acceptors (Lipinski definition) is 6. The molecule has 1 aromatic rings. The fraction of sp³-hybridized carbons (Fsp3) is 0.375. The molecular formula is C16H14N2O5S. The summed E-state index contributed by atoms with van der Waals surface area (Å²) >= 11 is 1.25. The van der Waals surface area contributed by atoms with Gasteiger partial charge in [0.1, 0.15) is 0 Å². The van der Waals surface area contributed by atoms with E-state index in [-0.39, 0.29) is 23.6 Å². The molecule has 3 amide bonds. The quantitative estimate of drug-likeness (QED) is 0.450. The van der Waals surface area contributed by atoms with Crippen molar-refractivity contribution >= 4 is 35.5 Å². The highest BCUT2D eigenvalue weighted by molar-refractivity contribution is 8.01. The summed E-state index contributed by atoms with van der Waals surface area (Å²) in [6.45, 7) is 2.25. The van der Waals surface area contributed by atoms with Crippen molar-refractivity contribution in [3.05, 3.63) is 35.4 Å². The molecular weight excluding hydrogens is 332 g/mol. The van der Waals surface area contributed by atoms with Gasteiger partial charge in [-0.05, 0) is 19.1 Å². The first-order valence-electron chi connectivity index (χ1n) is 7.63. The Balaban J connectivity index is 1.76. The van der Waals surface area contributed by atoms with Crippen LogP contribution < -0.4 is 0 Å². The molecule has 0 unspecified atom stereocenters. The minimum Gasteiger partial charge on any atom is -0.464 e. The van der Waals surface area contributed by atoms with Gasteiger partial charge in [0.05, 0.1) is 17.7 Å². The molecule has 0 saturated carbocycles.